The van der Waals surface area contributed by atoms with Gasteiger partial charge in [-0.15, -0.1) is 0 Å². The van der Waals surface area contributed by atoms with Crippen molar-refractivity contribution in [2.75, 3.05) is 0 Å². The second-order valence-corrected chi connectivity index (χ2v) is 8.98. The standard InChI is InChI=1S/C6H15Si/c1-6(2)7(3,4)5/h6H,1H2,2-5H3. The predicted molar refractivity (Wildman–Crippen MR) is 38.1 cm³/mol. The minimum absolute atomic E-state index is 0.687. The molecular formula is C6H15Si. The molecule has 0 fully saturated rings. The Bertz CT molecular complexity index is 49.7. The smallest absolute Gasteiger partial charge is 0.0471 e. The van der Waals surface area contributed by atoms with Crippen molar-refractivity contribution < 1.29 is 0 Å². The molecular weight excluding hydrogens is 100 g/mol. The monoisotopic (exact) mass is 115 g/mol. The van der Waals surface area contributed by atoms with Crippen molar-refractivity contribution in [2.45, 2.75) is 32.1 Å². The van der Waals surface area contributed by atoms with Crippen molar-refractivity contribution in [3.63, 3.8) is 0 Å². The summed E-state index contributed by atoms with van der Waals surface area (Å²) in [6.07, 6.45) is 0. The van der Waals surface area contributed by atoms with Gasteiger partial charge in [0, 0.05) is 8.07 Å². The quantitative estimate of drug-likeness (QED) is 0.461. The van der Waals surface area contributed by atoms with E-state index in [1.165, 1.54) is 0 Å². The van der Waals surface area contributed by atoms with Gasteiger partial charge in [0.1, 0.15) is 0 Å². The molecule has 0 bridgehead atoms. The van der Waals surface area contributed by atoms with Crippen LogP contribution in [-0.4, -0.2) is 8.07 Å². The zero-order chi connectivity index (χ0) is 6.08. The molecule has 0 saturated carbocycles. The summed E-state index contributed by atoms with van der Waals surface area (Å²) in [5.41, 5.74) is 0.687. The van der Waals surface area contributed by atoms with Gasteiger partial charge in [-0.3, -0.25) is 0 Å². The molecule has 1 atom stereocenters. The third-order valence-electron chi connectivity index (χ3n) is 1.48. The van der Waals surface area contributed by atoms with Gasteiger partial charge in [0.15, 0.2) is 0 Å². The van der Waals surface area contributed by atoms with Crippen molar-refractivity contribution in [2.24, 2.45) is 0 Å². The highest BCUT2D eigenvalue weighted by Crippen LogP contribution is 2.17. The zero-order valence-corrected chi connectivity index (χ0v) is 6.78. The third kappa shape index (κ3) is 2.86. The lowest BCUT2D eigenvalue weighted by atomic mass is 10.6. The molecule has 0 N–H and O–H groups in total. The summed E-state index contributed by atoms with van der Waals surface area (Å²) in [5.74, 6) is 0. The Kier molecular flexibility index (Phi) is 2.05. The van der Waals surface area contributed by atoms with E-state index >= 15 is 0 Å². The van der Waals surface area contributed by atoms with Crippen LogP contribution in [0.3, 0.4) is 0 Å². The average Bonchev–Trinajstić information content (AvgIpc) is 1.31. The Hall–Kier alpha value is 0.217. The van der Waals surface area contributed by atoms with Crippen LogP contribution in [-0.2, 0) is 0 Å². The van der Waals surface area contributed by atoms with Crippen molar-refractivity contribution in [3.8, 4) is 0 Å². The van der Waals surface area contributed by atoms with E-state index < -0.39 is 8.07 Å². The fourth-order valence-electron chi connectivity index (χ4n) is 0. The van der Waals surface area contributed by atoms with Crippen LogP contribution in [0.2, 0.25) is 25.2 Å². The van der Waals surface area contributed by atoms with Gasteiger partial charge in [-0.25, -0.2) is 0 Å². The van der Waals surface area contributed by atoms with E-state index in [2.05, 4.69) is 33.5 Å². The molecule has 43 valence electrons. The minimum atomic E-state index is -0.846. The SMILES string of the molecule is [CH2]C(C)[Si](C)(C)C. The highest BCUT2D eigenvalue weighted by atomic mass is 28.3. The van der Waals surface area contributed by atoms with Gasteiger partial charge in [0.05, 0.1) is 0 Å². The maximum Gasteiger partial charge on any atom is 0.0471 e. The number of hydrogen-bond donors (Lipinski definition) is 0. The molecule has 0 rings (SSSR count). The minimum Gasteiger partial charge on any atom is -0.0694 e. The van der Waals surface area contributed by atoms with E-state index in [1.54, 1.807) is 0 Å². The van der Waals surface area contributed by atoms with Crippen LogP contribution in [0.25, 0.3) is 0 Å². The van der Waals surface area contributed by atoms with Crippen LogP contribution in [0.4, 0.5) is 0 Å². The number of rotatable bonds is 1. The summed E-state index contributed by atoms with van der Waals surface area (Å²) in [6.45, 7) is 13.2. The second-order valence-electron chi connectivity index (χ2n) is 3.27. The van der Waals surface area contributed by atoms with E-state index in [9.17, 15) is 0 Å². The first kappa shape index (κ1) is 7.22. The van der Waals surface area contributed by atoms with E-state index in [-0.39, 0.29) is 0 Å². The molecule has 0 aliphatic carbocycles. The van der Waals surface area contributed by atoms with Crippen LogP contribution >= 0.6 is 0 Å². The third-order valence-corrected chi connectivity index (χ3v) is 4.44. The van der Waals surface area contributed by atoms with Gasteiger partial charge in [-0.1, -0.05) is 33.5 Å². The zero-order valence-electron chi connectivity index (χ0n) is 5.78. The van der Waals surface area contributed by atoms with Gasteiger partial charge in [-0.05, 0) is 5.54 Å². The van der Waals surface area contributed by atoms with Crippen LogP contribution in [0.1, 0.15) is 6.92 Å². The topological polar surface area (TPSA) is 0 Å². The van der Waals surface area contributed by atoms with Crippen molar-refractivity contribution >= 4 is 8.07 Å². The fourth-order valence-corrected chi connectivity index (χ4v) is 0. The Labute approximate surface area is 47.9 Å². The van der Waals surface area contributed by atoms with Crippen molar-refractivity contribution in [1.29, 1.82) is 0 Å². The first-order valence-electron chi connectivity index (χ1n) is 2.77. The summed E-state index contributed by atoms with van der Waals surface area (Å²) >= 11 is 0. The molecule has 7 heavy (non-hydrogen) atoms. The molecule has 0 aliphatic heterocycles. The summed E-state index contributed by atoms with van der Waals surface area (Å²) < 4.78 is 0. The van der Waals surface area contributed by atoms with Gasteiger partial charge >= 0.3 is 0 Å². The molecule has 0 aromatic rings. The summed E-state index contributed by atoms with van der Waals surface area (Å²) in [4.78, 5) is 0. The van der Waals surface area contributed by atoms with E-state index in [4.69, 9.17) is 0 Å². The Balaban J connectivity index is 3.54. The first-order valence-corrected chi connectivity index (χ1v) is 6.35. The molecule has 0 saturated heterocycles. The molecule has 0 aromatic carbocycles. The largest absolute Gasteiger partial charge is 0.0694 e. The van der Waals surface area contributed by atoms with Gasteiger partial charge in [-0.2, -0.15) is 0 Å². The molecule has 0 heterocycles. The van der Waals surface area contributed by atoms with Crippen molar-refractivity contribution in [1.82, 2.24) is 0 Å². The van der Waals surface area contributed by atoms with E-state index in [1.807, 2.05) is 0 Å². The summed E-state index contributed by atoms with van der Waals surface area (Å²) in [5, 5.41) is 0. The normalized spacial score (nSPS) is 12.9. The molecule has 0 nitrogen and oxygen atoms in total. The molecule has 1 radical (unpaired) electrons. The highest BCUT2D eigenvalue weighted by Gasteiger charge is 2.16. The molecule has 0 spiro atoms. The maximum absolute atomic E-state index is 3.97. The number of hydrogen-bond acceptors (Lipinski definition) is 0. The molecule has 0 aromatic heterocycles. The summed E-state index contributed by atoms with van der Waals surface area (Å²) in [7, 11) is -0.846. The predicted octanol–water partition coefficient (Wildman–Crippen LogP) is 2.55. The second kappa shape index (κ2) is 1.99. The van der Waals surface area contributed by atoms with Crippen LogP contribution < -0.4 is 0 Å². The maximum atomic E-state index is 3.97. The van der Waals surface area contributed by atoms with Gasteiger partial charge in [0.2, 0.25) is 0 Å². The Morgan fingerprint density at radius 3 is 1.43 bits per heavy atom. The molecule has 1 heteroatoms. The first-order chi connectivity index (χ1) is 2.94. The molecule has 1 unspecified atom stereocenters. The lowest BCUT2D eigenvalue weighted by Gasteiger charge is -2.19. The Morgan fingerprint density at radius 1 is 1.29 bits per heavy atom. The van der Waals surface area contributed by atoms with E-state index in [0.29, 0.717) is 5.54 Å². The van der Waals surface area contributed by atoms with Crippen LogP contribution in [0.5, 0.6) is 0 Å². The van der Waals surface area contributed by atoms with Crippen LogP contribution in [0.15, 0.2) is 0 Å². The average molecular weight is 115 g/mol. The fraction of sp³-hybridized carbons (Fsp3) is 0.833. The Morgan fingerprint density at radius 2 is 1.43 bits per heavy atom. The van der Waals surface area contributed by atoms with Crippen LogP contribution in [0, 0.1) is 6.92 Å². The summed E-state index contributed by atoms with van der Waals surface area (Å²) in [6, 6.07) is 0. The van der Waals surface area contributed by atoms with Crippen molar-refractivity contribution in [3.05, 3.63) is 6.92 Å². The van der Waals surface area contributed by atoms with Gasteiger partial charge in [0.25, 0.3) is 0 Å². The van der Waals surface area contributed by atoms with Gasteiger partial charge < -0.3 is 0 Å². The highest BCUT2D eigenvalue weighted by molar-refractivity contribution is 6.77. The molecule has 0 amide bonds. The lowest BCUT2D eigenvalue weighted by molar-refractivity contribution is 1.13. The van der Waals surface area contributed by atoms with E-state index in [0.717, 1.165) is 0 Å². The molecule has 0 aliphatic rings. The lowest BCUT2D eigenvalue weighted by Crippen LogP contribution is -2.23.